The maximum absolute atomic E-state index is 13.2. The largest absolute Gasteiger partial charge is 0.491 e. The summed E-state index contributed by atoms with van der Waals surface area (Å²) in [6, 6.07) is 7.89. The van der Waals surface area contributed by atoms with E-state index in [4.69, 9.17) is 18.9 Å². The minimum absolute atomic E-state index is 0.0141. The fourth-order valence-corrected chi connectivity index (χ4v) is 8.62. The summed E-state index contributed by atoms with van der Waals surface area (Å²) in [4.78, 5) is 4.44. The molecule has 14 heteroatoms. The van der Waals surface area contributed by atoms with Crippen molar-refractivity contribution < 1.29 is 40.9 Å². The van der Waals surface area contributed by atoms with Crippen LogP contribution >= 0.6 is 0 Å². The number of hydrogen-bond donors (Lipinski definition) is 2. The van der Waals surface area contributed by atoms with E-state index in [1.165, 1.54) is 22.6 Å². The predicted octanol–water partition coefficient (Wildman–Crippen LogP) is 1.13. The van der Waals surface area contributed by atoms with E-state index in [9.17, 15) is 21.9 Å². The fourth-order valence-electron chi connectivity index (χ4n) is 5.53. The van der Waals surface area contributed by atoms with Crippen LogP contribution in [-0.4, -0.2) is 100 Å². The summed E-state index contributed by atoms with van der Waals surface area (Å²) in [5, 5.41) is 13.5. The third kappa shape index (κ3) is 6.18. The van der Waals surface area contributed by atoms with Crippen LogP contribution < -0.4 is 19.5 Å². The molecule has 1 aromatic carbocycles. The first kappa shape index (κ1) is 28.6. The summed E-state index contributed by atoms with van der Waals surface area (Å²) in [5.74, 6) is 1.04. The Balaban J connectivity index is 0.961. The summed E-state index contributed by atoms with van der Waals surface area (Å²) in [6.45, 7) is 2.15. The third-order valence-electron chi connectivity index (χ3n) is 8.04. The molecule has 2 N–H and O–H groups in total. The van der Waals surface area contributed by atoms with Crippen molar-refractivity contribution in [2.24, 2.45) is 0 Å². The van der Waals surface area contributed by atoms with Gasteiger partial charge < -0.3 is 29.4 Å². The molecule has 12 nitrogen and oxygen atoms in total. The van der Waals surface area contributed by atoms with Crippen LogP contribution in [-0.2, 0) is 24.6 Å². The molecule has 1 spiro atoms. The second-order valence-corrected chi connectivity index (χ2v) is 15.2. The van der Waals surface area contributed by atoms with Gasteiger partial charge in [-0.1, -0.05) is 6.07 Å². The van der Waals surface area contributed by atoms with Crippen LogP contribution in [0.3, 0.4) is 0 Å². The van der Waals surface area contributed by atoms with Gasteiger partial charge in [-0.25, -0.2) is 21.8 Å². The van der Waals surface area contributed by atoms with Gasteiger partial charge in [-0.2, -0.15) is 4.31 Å². The number of hydrogen-bond acceptors (Lipinski definition) is 11. The van der Waals surface area contributed by atoms with Gasteiger partial charge >= 0.3 is 0 Å². The summed E-state index contributed by atoms with van der Waals surface area (Å²) in [5.41, 5.74) is -0.413. The molecule has 4 aliphatic rings. The Kier molecular flexibility index (Phi) is 7.89. The Bertz CT molecular complexity index is 1470. The molecule has 2 atom stereocenters. The van der Waals surface area contributed by atoms with E-state index < -0.39 is 31.6 Å². The number of ether oxygens (including phenoxy) is 4. The number of aromatic nitrogens is 1. The molecule has 41 heavy (non-hydrogen) atoms. The highest BCUT2D eigenvalue weighted by Crippen LogP contribution is 2.38. The lowest BCUT2D eigenvalue weighted by atomic mass is 9.88. The van der Waals surface area contributed by atoms with E-state index in [0.717, 1.165) is 0 Å². The molecule has 0 amide bonds. The Morgan fingerprint density at radius 1 is 1.10 bits per heavy atom. The van der Waals surface area contributed by atoms with E-state index in [1.807, 2.05) is 0 Å². The lowest BCUT2D eigenvalue weighted by Crippen LogP contribution is -2.47. The highest BCUT2D eigenvalue weighted by Gasteiger charge is 2.45. The van der Waals surface area contributed by atoms with Crippen LogP contribution in [0.2, 0.25) is 0 Å². The standard InChI is InChI=1S/C27H35N3O9S2/c31-20(18-38-21-2-1-3-23(12-21)40(32,33)22-4-5-22)15-28-19-14-27(39-17-19)6-8-30(9-7-27)41(34,35)24-13-25-26(29-16-24)37-11-10-36-25/h1-3,12-13,16,19-20,22,28,31H,4-11,14-15,17-18H2/t19-,20+/m1/s1. The zero-order valence-electron chi connectivity index (χ0n) is 22.6. The molecule has 1 aliphatic carbocycles. The predicted molar refractivity (Wildman–Crippen MR) is 146 cm³/mol. The normalized spacial score (nSPS) is 23.4. The SMILES string of the molecule is O=S(=O)(c1cccc(OC[C@@H](O)CN[C@H]2COC3(CCN(S(=O)(=O)c4cnc5c(c4)OCCO5)CC3)C2)c1)C1CC1. The number of nitrogens with zero attached hydrogens (tertiary/aromatic N) is 2. The molecule has 6 rings (SSSR count). The first-order chi connectivity index (χ1) is 19.6. The van der Waals surface area contributed by atoms with Gasteiger partial charge in [0.1, 0.15) is 36.6 Å². The Labute approximate surface area is 239 Å². The minimum Gasteiger partial charge on any atom is -0.491 e. The number of fused-ring (bicyclic) bond motifs is 1. The van der Waals surface area contributed by atoms with Crippen molar-refractivity contribution in [1.29, 1.82) is 0 Å². The number of pyridine rings is 1. The first-order valence-electron chi connectivity index (χ1n) is 13.9. The Hall–Kier alpha value is -2.49. The molecule has 0 radical (unpaired) electrons. The Morgan fingerprint density at radius 2 is 1.88 bits per heavy atom. The van der Waals surface area contributed by atoms with Gasteiger partial charge in [-0.15, -0.1) is 0 Å². The van der Waals surface area contributed by atoms with Crippen LogP contribution in [0, 0.1) is 0 Å². The van der Waals surface area contributed by atoms with Crippen molar-refractivity contribution >= 4 is 19.9 Å². The van der Waals surface area contributed by atoms with E-state index >= 15 is 0 Å². The van der Waals surface area contributed by atoms with Gasteiger partial charge in [0, 0.05) is 31.7 Å². The molecular weight excluding hydrogens is 574 g/mol. The highest BCUT2D eigenvalue weighted by molar-refractivity contribution is 7.92. The molecule has 0 unspecified atom stereocenters. The van der Waals surface area contributed by atoms with E-state index in [2.05, 4.69) is 10.3 Å². The number of benzene rings is 1. The second-order valence-electron chi connectivity index (χ2n) is 11.1. The quantitative estimate of drug-likeness (QED) is 0.399. The number of sulfonamides is 1. The Morgan fingerprint density at radius 3 is 2.66 bits per heavy atom. The van der Waals surface area contributed by atoms with E-state index in [-0.39, 0.29) is 34.2 Å². The lowest BCUT2D eigenvalue weighted by Gasteiger charge is -2.38. The third-order valence-corrected chi connectivity index (χ3v) is 12.2. The van der Waals surface area contributed by atoms with Gasteiger partial charge in [0.25, 0.3) is 5.88 Å². The van der Waals surface area contributed by atoms with Crippen LogP contribution in [0.1, 0.15) is 32.1 Å². The fraction of sp³-hybridized carbons (Fsp3) is 0.593. The van der Waals surface area contributed by atoms with Gasteiger partial charge in [-0.3, -0.25) is 0 Å². The molecule has 2 aromatic rings. The maximum atomic E-state index is 13.2. The summed E-state index contributed by atoms with van der Waals surface area (Å²) < 4.78 is 75.6. The van der Waals surface area contributed by atoms with Crippen molar-refractivity contribution in [2.45, 2.75) is 64.9 Å². The van der Waals surface area contributed by atoms with Crippen molar-refractivity contribution in [3.8, 4) is 17.4 Å². The zero-order chi connectivity index (χ0) is 28.7. The van der Waals surface area contributed by atoms with Crippen LogP contribution in [0.25, 0.3) is 0 Å². The van der Waals surface area contributed by atoms with Gasteiger partial charge in [0.15, 0.2) is 15.6 Å². The van der Waals surface area contributed by atoms with Crippen molar-refractivity contribution in [3.05, 3.63) is 36.5 Å². The van der Waals surface area contributed by atoms with Gasteiger partial charge in [-0.05, 0) is 50.3 Å². The van der Waals surface area contributed by atoms with Crippen LogP contribution in [0.4, 0.5) is 0 Å². The topological polar surface area (TPSA) is 154 Å². The molecule has 2 saturated heterocycles. The van der Waals surface area contributed by atoms with Gasteiger partial charge in [0.05, 0.1) is 28.6 Å². The molecule has 0 bridgehead atoms. The molecule has 3 fully saturated rings. The van der Waals surface area contributed by atoms with E-state index in [0.29, 0.717) is 82.4 Å². The van der Waals surface area contributed by atoms with E-state index in [1.54, 1.807) is 18.2 Å². The second kappa shape index (κ2) is 11.3. The number of rotatable bonds is 10. The number of sulfone groups is 1. The van der Waals surface area contributed by atoms with Crippen molar-refractivity contribution in [2.75, 3.05) is 46.1 Å². The number of piperidine rings is 1. The van der Waals surface area contributed by atoms with Crippen LogP contribution in [0.5, 0.6) is 17.4 Å². The molecule has 1 aromatic heterocycles. The smallest absolute Gasteiger partial charge is 0.257 e. The van der Waals surface area contributed by atoms with Crippen molar-refractivity contribution in [3.63, 3.8) is 0 Å². The average Bonchev–Trinajstić information content (AvgIpc) is 3.78. The van der Waals surface area contributed by atoms with Crippen molar-refractivity contribution in [1.82, 2.24) is 14.6 Å². The molecule has 224 valence electrons. The number of nitrogens with one attached hydrogen (secondary N) is 1. The summed E-state index contributed by atoms with van der Waals surface area (Å²) in [6.07, 6.45) is 3.73. The average molecular weight is 610 g/mol. The first-order valence-corrected chi connectivity index (χ1v) is 16.9. The molecular formula is C27H35N3O9S2. The number of aliphatic hydroxyl groups excluding tert-OH is 1. The summed E-state index contributed by atoms with van der Waals surface area (Å²) in [7, 11) is -7.04. The number of aliphatic hydroxyl groups is 1. The molecule has 3 aliphatic heterocycles. The summed E-state index contributed by atoms with van der Waals surface area (Å²) >= 11 is 0. The minimum atomic E-state index is -3.73. The highest BCUT2D eigenvalue weighted by atomic mass is 32.2. The van der Waals surface area contributed by atoms with Gasteiger partial charge in [0.2, 0.25) is 10.0 Å². The van der Waals surface area contributed by atoms with Crippen LogP contribution in [0.15, 0.2) is 46.3 Å². The molecule has 4 heterocycles. The monoisotopic (exact) mass is 609 g/mol. The lowest BCUT2D eigenvalue weighted by molar-refractivity contribution is -0.0312. The zero-order valence-corrected chi connectivity index (χ0v) is 24.2. The maximum Gasteiger partial charge on any atom is 0.257 e. The molecule has 1 saturated carbocycles.